The van der Waals surface area contributed by atoms with Crippen LogP contribution in [0.5, 0.6) is 5.75 Å². The minimum Gasteiger partial charge on any atom is -0.493 e. The number of carbonyl (C=O) groups is 1. The summed E-state index contributed by atoms with van der Waals surface area (Å²) in [5.41, 5.74) is 2.28. The van der Waals surface area contributed by atoms with Crippen molar-refractivity contribution < 1.29 is 9.53 Å². The molecule has 3 heterocycles. The van der Waals surface area contributed by atoms with Crippen LogP contribution in [0.25, 0.3) is 6.08 Å². The van der Waals surface area contributed by atoms with Crippen LogP contribution in [-0.2, 0) is 11.2 Å². The van der Waals surface area contributed by atoms with Gasteiger partial charge in [0.25, 0.3) is 0 Å². The van der Waals surface area contributed by atoms with Crippen molar-refractivity contribution in [1.82, 2.24) is 9.88 Å². The summed E-state index contributed by atoms with van der Waals surface area (Å²) < 4.78 is 5.52. The second-order valence-electron chi connectivity index (χ2n) is 6.21. The maximum Gasteiger partial charge on any atom is 0.247 e. The van der Waals surface area contributed by atoms with E-state index in [1.165, 1.54) is 5.56 Å². The maximum absolute atomic E-state index is 12.7. The molecular formula is C19H20N2O2S. The van der Waals surface area contributed by atoms with Gasteiger partial charge in [-0.2, -0.15) is 0 Å². The van der Waals surface area contributed by atoms with Crippen molar-refractivity contribution in [3.63, 3.8) is 0 Å². The molecule has 4 rings (SSSR count). The molecule has 1 amide bonds. The second kappa shape index (κ2) is 6.77. The summed E-state index contributed by atoms with van der Waals surface area (Å²) in [5, 5.41) is 3.03. The molecule has 0 bridgehead atoms. The molecule has 0 aliphatic carbocycles. The highest BCUT2D eigenvalue weighted by Gasteiger charge is 2.28. The van der Waals surface area contributed by atoms with Gasteiger partial charge in [-0.3, -0.25) is 4.79 Å². The Bertz CT molecular complexity index is 755. The standard InChI is InChI=1S/C19H20N2O2S/c22-18(7-5-14-4-6-17-15(13-14)8-11-23-17)21-10-2-1-3-16(21)19-20-9-12-24-19/h4-7,9,12-13,16H,1-3,8,10-11H2/b7-5+/t16-/m0/s1. The van der Waals surface area contributed by atoms with Gasteiger partial charge in [-0.25, -0.2) is 4.98 Å². The predicted octanol–water partition coefficient (Wildman–Crippen LogP) is 3.85. The van der Waals surface area contributed by atoms with Gasteiger partial charge in [-0.05, 0) is 48.6 Å². The van der Waals surface area contributed by atoms with Crippen molar-refractivity contribution in [2.45, 2.75) is 31.7 Å². The summed E-state index contributed by atoms with van der Waals surface area (Å²) in [4.78, 5) is 19.1. The Balaban J connectivity index is 1.50. The summed E-state index contributed by atoms with van der Waals surface area (Å²) in [5.74, 6) is 1.05. The third kappa shape index (κ3) is 3.08. The molecule has 0 N–H and O–H groups in total. The van der Waals surface area contributed by atoms with Crippen LogP contribution in [0.2, 0.25) is 0 Å². The Morgan fingerprint density at radius 3 is 3.21 bits per heavy atom. The first-order chi connectivity index (χ1) is 11.8. The lowest BCUT2D eigenvalue weighted by molar-refractivity contribution is -0.129. The number of carbonyl (C=O) groups excluding carboxylic acids is 1. The Kier molecular flexibility index (Phi) is 4.34. The zero-order valence-corrected chi connectivity index (χ0v) is 14.3. The van der Waals surface area contributed by atoms with E-state index in [1.807, 2.05) is 34.7 Å². The quantitative estimate of drug-likeness (QED) is 0.797. The summed E-state index contributed by atoms with van der Waals surface area (Å²) in [7, 11) is 0. The Labute approximate surface area is 145 Å². The van der Waals surface area contributed by atoms with Gasteiger partial charge in [-0.15, -0.1) is 11.3 Å². The third-order valence-electron chi connectivity index (χ3n) is 4.65. The van der Waals surface area contributed by atoms with Crippen LogP contribution in [-0.4, -0.2) is 28.9 Å². The summed E-state index contributed by atoms with van der Waals surface area (Å²) >= 11 is 1.64. The molecule has 1 atom stereocenters. The van der Waals surface area contributed by atoms with Crippen LogP contribution in [0.3, 0.4) is 0 Å². The number of hydrogen-bond donors (Lipinski definition) is 0. The molecule has 1 saturated heterocycles. The maximum atomic E-state index is 12.7. The predicted molar refractivity (Wildman–Crippen MR) is 95.1 cm³/mol. The molecule has 124 valence electrons. The van der Waals surface area contributed by atoms with Crippen molar-refractivity contribution in [2.75, 3.05) is 13.2 Å². The number of fused-ring (bicyclic) bond motifs is 1. The molecule has 1 aromatic carbocycles. The van der Waals surface area contributed by atoms with Crippen LogP contribution < -0.4 is 4.74 Å². The smallest absolute Gasteiger partial charge is 0.247 e. The van der Waals surface area contributed by atoms with Gasteiger partial charge >= 0.3 is 0 Å². The van der Waals surface area contributed by atoms with Gasteiger partial charge in [0.1, 0.15) is 10.8 Å². The molecule has 1 aromatic heterocycles. The van der Waals surface area contributed by atoms with Crippen molar-refractivity contribution >= 4 is 23.3 Å². The first-order valence-electron chi connectivity index (χ1n) is 8.45. The molecule has 0 saturated carbocycles. The van der Waals surface area contributed by atoms with Gasteiger partial charge in [0.15, 0.2) is 0 Å². The molecule has 2 aliphatic heterocycles. The molecule has 4 nitrogen and oxygen atoms in total. The minimum atomic E-state index is 0.0756. The third-order valence-corrected chi connectivity index (χ3v) is 5.53. The van der Waals surface area contributed by atoms with E-state index in [0.29, 0.717) is 0 Å². The van der Waals surface area contributed by atoms with E-state index in [2.05, 4.69) is 11.1 Å². The Hall–Kier alpha value is -2.14. The average molecular weight is 340 g/mol. The van der Waals surface area contributed by atoms with Gasteiger partial charge in [0.05, 0.1) is 12.6 Å². The largest absolute Gasteiger partial charge is 0.493 e. The van der Waals surface area contributed by atoms with Crippen LogP contribution in [0.15, 0.2) is 35.9 Å². The number of nitrogens with zero attached hydrogens (tertiary/aromatic N) is 2. The highest BCUT2D eigenvalue weighted by atomic mass is 32.1. The number of rotatable bonds is 3. The fourth-order valence-electron chi connectivity index (χ4n) is 3.42. The fraction of sp³-hybridized carbons (Fsp3) is 0.368. The van der Waals surface area contributed by atoms with E-state index in [0.717, 1.165) is 55.2 Å². The number of ether oxygens (including phenoxy) is 1. The number of aromatic nitrogens is 1. The molecule has 0 unspecified atom stereocenters. The Morgan fingerprint density at radius 2 is 2.33 bits per heavy atom. The first-order valence-corrected chi connectivity index (χ1v) is 9.33. The van der Waals surface area contributed by atoms with Crippen LogP contribution in [0, 0.1) is 0 Å². The second-order valence-corrected chi connectivity index (χ2v) is 7.14. The monoisotopic (exact) mass is 340 g/mol. The highest BCUT2D eigenvalue weighted by molar-refractivity contribution is 7.09. The molecule has 0 spiro atoms. The first kappa shape index (κ1) is 15.4. The SMILES string of the molecule is O=C(/C=C/c1ccc2c(c1)CCO2)N1CCCC[C@H]1c1nccs1. The van der Waals surface area contributed by atoms with Gasteiger partial charge < -0.3 is 9.64 Å². The highest BCUT2D eigenvalue weighted by Crippen LogP contribution is 2.32. The van der Waals surface area contributed by atoms with Crippen molar-refractivity contribution in [3.8, 4) is 5.75 Å². The zero-order valence-electron chi connectivity index (χ0n) is 13.5. The summed E-state index contributed by atoms with van der Waals surface area (Å²) in [6, 6.07) is 6.23. The minimum absolute atomic E-state index is 0.0756. The Morgan fingerprint density at radius 1 is 1.38 bits per heavy atom. The van der Waals surface area contributed by atoms with E-state index in [9.17, 15) is 4.79 Å². The normalized spacial score (nSPS) is 20.2. The number of amides is 1. The fourth-order valence-corrected chi connectivity index (χ4v) is 4.21. The van der Waals surface area contributed by atoms with Crippen molar-refractivity contribution in [3.05, 3.63) is 52.0 Å². The molecule has 2 aromatic rings. The number of benzene rings is 1. The zero-order chi connectivity index (χ0) is 16.4. The van der Waals surface area contributed by atoms with Crippen LogP contribution in [0.4, 0.5) is 0 Å². The number of piperidine rings is 1. The molecular weight excluding hydrogens is 320 g/mol. The van der Waals surface area contributed by atoms with Gasteiger partial charge in [0.2, 0.25) is 5.91 Å². The van der Waals surface area contributed by atoms with E-state index in [1.54, 1.807) is 17.4 Å². The molecule has 0 radical (unpaired) electrons. The lowest BCUT2D eigenvalue weighted by atomic mass is 10.0. The average Bonchev–Trinajstić information content (AvgIpc) is 3.30. The lowest BCUT2D eigenvalue weighted by Gasteiger charge is -2.33. The van der Waals surface area contributed by atoms with Gasteiger partial charge in [-0.1, -0.05) is 6.07 Å². The molecule has 5 heteroatoms. The van der Waals surface area contributed by atoms with E-state index >= 15 is 0 Å². The van der Waals surface area contributed by atoms with Crippen LogP contribution >= 0.6 is 11.3 Å². The van der Waals surface area contributed by atoms with Gasteiger partial charge in [0, 0.05) is 30.6 Å². The lowest BCUT2D eigenvalue weighted by Crippen LogP contribution is -2.37. The molecule has 24 heavy (non-hydrogen) atoms. The topological polar surface area (TPSA) is 42.4 Å². The number of likely N-dealkylation sites (tertiary alicyclic amines) is 1. The van der Waals surface area contributed by atoms with Crippen molar-refractivity contribution in [2.24, 2.45) is 0 Å². The van der Waals surface area contributed by atoms with E-state index in [-0.39, 0.29) is 11.9 Å². The van der Waals surface area contributed by atoms with E-state index in [4.69, 9.17) is 4.74 Å². The number of thiazole rings is 1. The van der Waals surface area contributed by atoms with E-state index < -0.39 is 0 Å². The van der Waals surface area contributed by atoms with Crippen molar-refractivity contribution in [1.29, 1.82) is 0 Å². The molecule has 1 fully saturated rings. The van der Waals surface area contributed by atoms with Crippen LogP contribution in [0.1, 0.15) is 41.4 Å². The number of hydrogen-bond acceptors (Lipinski definition) is 4. The summed E-state index contributed by atoms with van der Waals surface area (Å²) in [6.45, 7) is 1.57. The molecule has 2 aliphatic rings. The summed E-state index contributed by atoms with van der Waals surface area (Å²) in [6.07, 6.45) is 9.60.